The Kier molecular flexibility index (Phi) is 3.33. The smallest absolute Gasteiger partial charge is 0.235 e. The van der Waals surface area contributed by atoms with E-state index in [-0.39, 0.29) is 17.9 Å². The minimum atomic E-state index is -0.774. The van der Waals surface area contributed by atoms with Crippen LogP contribution < -0.4 is 10.2 Å². The van der Waals surface area contributed by atoms with E-state index in [1.807, 2.05) is 43.3 Å². The summed E-state index contributed by atoms with van der Waals surface area (Å²) in [7, 11) is 0. The molecule has 5 rings (SSSR count). The lowest BCUT2D eigenvalue weighted by Gasteiger charge is -2.23. The molecule has 1 aromatic carbocycles. The first kappa shape index (κ1) is 16.3. The van der Waals surface area contributed by atoms with Crippen molar-refractivity contribution in [2.24, 2.45) is 11.8 Å². The predicted octanol–water partition coefficient (Wildman–Crippen LogP) is 2.22. The van der Waals surface area contributed by atoms with Crippen molar-refractivity contribution in [1.82, 2.24) is 5.16 Å². The molecule has 1 spiro atoms. The van der Waals surface area contributed by atoms with Crippen molar-refractivity contribution in [2.45, 2.75) is 25.6 Å². The molecule has 1 aromatic heterocycles. The molecule has 138 valence electrons. The summed E-state index contributed by atoms with van der Waals surface area (Å²) in [5.74, 6) is -0.399. The van der Waals surface area contributed by atoms with Crippen LogP contribution in [0, 0.1) is 25.7 Å². The molecule has 4 heterocycles. The van der Waals surface area contributed by atoms with Gasteiger partial charge in [-0.2, -0.15) is 0 Å². The first-order valence-corrected chi connectivity index (χ1v) is 8.96. The molecule has 7 heteroatoms. The lowest BCUT2D eigenvalue weighted by atomic mass is 9.77. The highest BCUT2D eigenvalue weighted by atomic mass is 16.5. The number of hydrogen-bond donors (Lipinski definition) is 1. The first-order valence-electron chi connectivity index (χ1n) is 8.96. The topological polar surface area (TPSA) is 84.7 Å². The summed E-state index contributed by atoms with van der Waals surface area (Å²) in [6.45, 7) is 4.10. The number of carbonyl (C=O) groups is 2. The number of hydrogen-bond acceptors (Lipinski definition) is 5. The van der Waals surface area contributed by atoms with Crippen LogP contribution in [0.25, 0.3) is 0 Å². The van der Waals surface area contributed by atoms with Crippen LogP contribution in [0.1, 0.15) is 11.3 Å². The van der Waals surface area contributed by atoms with Gasteiger partial charge in [-0.25, -0.2) is 0 Å². The van der Waals surface area contributed by atoms with Gasteiger partial charge in [0.15, 0.2) is 5.82 Å². The van der Waals surface area contributed by atoms with E-state index in [9.17, 15) is 9.59 Å². The van der Waals surface area contributed by atoms with Gasteiger partial charge in [0, 0.05) is 11.8 Å². The van der Waals surface area contributed by atoms with Gasteiger partial charge >= 0.3 is 0 Å². The van der Waals surface area contributed by atoms with Gasteiger partial charge < -0.3 is 14.6 Å². The summed E-state index contributed by atoms with van der Waals surface area (Å²) in [6, 6.07) is 9.29. The van der Waals surface area contributed by atoms with Crippen LogP contribution in [-0.2, 0) is 14.3 Å². The molecule has 0 unspecified atom stereocenters. The Bertz CT molecular complexity index is 964. The summed E-state index contributed by atoms with van der Waals surface area (Å²) >= 11 is 0. The molecule has 1 N–H and O–H groups in total. The van der Waals surface area contributed by atoms with E-state index in [4.69, 9.17) is 9.26 Å². The Morgan fingerprint density at radius 2 is 2.07 bits per heavy atom. The average Bonchev–Trinajstić information content (AvgIpc) is 3.38. The molecule has 2 amide bonds. The molecular formula is C20H19N3O4. The Morgan fingerprint density at radius 1 is 1.30 bits per heavy atom. The molecule has 2 saturated heterocycles. The van der Waals surface area contributed by atoms with Crippen molar-refractivity contribution >= 4 is 23.3 Å². The zero-order valence-electron chi connectivity index (χ0n) is 15.0. The van der Waals surface area contributed by atoms with Gasteiger partial charge in [-0.3, -0.25) is 14.5 Å². The van der Waals surface area contributed by atoms with Gasteiger partial charge in [-0.05, 0) is 26.0 Å². The number of aromatic nitrogens is 1. The van der Waals surface area contributed by atoms with Gasteiger partial charge in [0.25, 0.3) is 0 Å². The molecule has 2 fully saturated rings. The monoisotopic (exact) mass is 365 g/mol. The quantitative estimate of drug-likeness (QED) is 0.843. The van der Waals surface area contributed by atoms with Gasteiger partial charge in [0.2, 0.25) is 11.8 Å². The minimum absolute atomic E-state index is 0.154. The van der Waals surface area contributed by atoms with Gasteiger partial charge in [-0.15, -0.1) is 0 Å². The molecule has 3 aliphatic heterocycles. The molecule has 0 saturated carbocycles. The Hall–Kier alpha value is -2.93. The molecular weight excluding hydrogens is 346 g/mol. The summed E-state index contributed by atoms with van der Waals surface area (Å²) in [4.78, 5) is 27.7. The molecule has 0 radical (unpaired) electrons. The maximum Gasteiger partial charge on any atom is 0.235 e. The molecule has 2 aromatic rings. The van der Waals surface area contributed by atoms with Crippen LogP contribution in [0.2, 0.25) is 0 Å². The predicted molar refractivity (Wildman–Crippen MR) is 97.1 cm³/mol. The van der Waals surface area contributed by atoms with Crippen molar-refractivity contribution in [3.05, 3.63) is 53.8 Å². The van der Waals surface area contributed by atoms with Crippen LogP contribution in [0.15, 0.2) is 47.0 Å². The molecule has 0 aliphatic carbocycles. The van der Waals surface area contributed by atoms with Gasteiger partial charge in [0.05, 0.1) is 24.5 Å². The third-order valence-corrected chi connectivity index (χ3v) is 5.61. The zero-order valence-corrected chi connectivity index (χ0v) is 15.0. The van der Waals surface area contributed by atoms with Crippen molar-refractivity contribution < 1.29 is 18.8 Å². The number of nitrogens with one attached hydrogen (secondary N) is 1. The van der Waals surface area contributed by atoms with E-state index < -0.39 is 17.4 Å². The van der Waals surface area contributed by atoms with Crippen LogP contribution in [0.5, 0.6) is 0 Å². The maximum absolute atomic E-state index is 13.1. The second kappa shape index (κ2) is 5.53. The fraction of sp³-hybridized carbons (Fsp3) is 0.350. The number of fused-ring (bicyclic) bond motifs is 1. The lowest BCUT2D eigenvalue weighted by Crippen LogP contribution is -2.41. The number of rotatable bonds is 3. The highest BCUT2D eigenvalue weighted by molar-refractivity contribution is 6.05. The van der Waals surface area contributed by atoms with Crippen molar-refractivity contribution in [3.63, 3.8) is 0 Å². The summed E-state index contributed by atoms with van der Waals surface area (Å²) in [5.41, 5.74) is 1.05. The molecule has 27 heavy (non-hydrogen) atoms. The molecule has 7 nitrogen and oxygen atoms in total. The van der Waals surface area contributed by atoms with Crippen LogP contribution in [-0.4, -0.2) is 35.2 Å². The number of ether oxygens (including phenoxy) is 1. The summed E-state index contributed by atoms with van der Waals surface area (Å²) < 4.78 is 11.2. The van der Waals surface area contributed by atoms with E-state index >= 15 is 0 Å². The highest BCUT2D eigenvalue weighted by Gasteiger charge is 2.67. The van der Waals surface area contributed by atoms with Crippen molar-refractivity contribution in [1.29, 1.82) is 0 Å². The van der Waals surface area contributed by atoms with E-state index in [0.29, 0.717) is 23.8 Å². The number of anilines is 2. The van der Waals surface area contributed by atoms with Crippen LogP contribution in [0.3, 0.4) is 0 Å². The largest absolute Gasteiger partial charge is 0.360 e. The number of amides is 2. The second-order valence-electron chi connectivity index (χ2n) is 7.48. The standard InChI is InChI=1S/C20H19N3O4/c1-11-3-5-13(6-4-11)21-18(24)16-14-7-8-20(26-14)10-23(19(25)17(16)20)15-9-12(2)27-22-15/h3-9,14,16-17H,10H2,1-2H3,(H,21,24)/t14-,16+,17-,20+/m1/s1. The zero-order chi connectivity index (χ0) is 18.8. The average molecular weight is 365 g/mol. The SMILES string of the molecule is Cc1ccc(NC(=O)[C@H]2[C@H]3C=C[C@@]4(CN(c5cc(C)on5)C(=O)[C@@H]24)O3)cc1. The maximum atomic E-state index is 13.1. The van der Waals surface area contributed by atoms with E-state index in [1.54, 1.807) is 17.9 Å². The van der Waals surface area contributed by atoms with E-state index in [1.165, 1.54) is 0 Å². The Labute approximate surface area is 156 Å². The number of nitrogens with zero attached hydrogens (tertiary/aromatic N) is 2. The van der Waals surface area contributed by atoms with Crippen LogP contribution >= 0.6 is 0 Å². The first-order chi connectivity index (χ1) is 13.0. The third kappa shape index (κ3) is 2.35. The van der Waals surface area contributed by atoms with E-state index in [2.05, 4.69) is 10.5 Å². The number of aryl methyl sites for hydroxylation is 2. The molecule has 4 atom stereocenters. The normalized spacial score (nSPS) is 30.8. The Balaban J connectivity index is 1.43. The molecule has 2 bridgehead atoms. The van der Waals surface area contributed by atoms with Crippen LogP contribution in [0.4, 0.5) is 11.5 Å². The van der Waals surface area contributed by atoms with Gasteiger partial charge in [0.1, 0.15) is 11.4 Å². The fourth-order valence-electron chi connectivity index (χ4n) is 4.33. The van der Waals surface area contributed by atoms with Crippen molar-refractivity contribution in [2.75, 3.05) is 16.8 Å². The lowest BCUT2D eigenvalue weighted by molar-refractivity contribution is -0.128. The third-order valence-electron chi connectivity index (χ3n) is 5.61. The molecule has 3 aliphatic rings. The second-order valence-corrected chi connectivity index (χ2v) is 7.48. The Morgan fingerprint density at radius 3 is 2.78 bits per heavy atom. The number of benzene rings is 1. The van der Waals surface area contributed by atoms with E-state index in [0.717, 1.165) is 5.56 Å². The summed E-state index contributed by atoms with van der Waals surface area (Å²) in [5, 5.41) is 6.88. The van der Waals surface area contributed by atoms with Crippen molar-refractivity contribution in [3.8, 4) is 0 Å². The minimum Gasteiger partial charge on any atom is -0.360 e. The van der Waals surface area contributed by atoms with Gasteiger partial charge in [-0.1, -0.05) is 35.0 Å². The number of carbonyl (C=O) groups excluding carboxylic acids is 2. The fourth-order valence-corrected chi connectivity index (χ4v) is 4.33. The summed E-state index contributed by atoms with van der Waals surface area (Å²) in [6.07, 6.45) is 3.43. The highest BCUT2D eigenvalue weighted by Crippen LogP contribution is 2.52.